The lowest BCUT2D eigenvalue weighted by Gasteiger charge is -2.29. The van der Waals surface area contributed by atoms with Gasteiger partial charge in [-0.25, -0.2) is 0 Å². The number of benzene rings is 9. The van der Waals surface area contributed by atoms with Crippen molar-refractivity contribution in [2.45, 2.75) is 0 Å². The minimum absolute atomic E-state index is 0.401. The van der Waals surface area contributed by atoms with E-state index in [9.17, 15) is 0 Å². The molecule has 0 unspecified atom stereocenters. The first-order chi connectivity index (χ1) is 35.1. The summed E-state index contributed by atoms with van der Waals surface area (Å²) >= 11 is 0. The molecular weight excluding hydrogens is 893 g/mol. The Morgan fingerprint density at radius 2 is 0.347 bits per heavy atom. The van der Waals surface area contributed by atoms with Crippen LogP contribution in [-0.4, -0.2) is 51.3 Å². The third-order valence-corrected chi connectivity index (χ3v) is 12.5. The number of hydrogen-bond acceptors (Lipinski definition) is 10. The van der Waals surface area contributed by atoms with Crippen molar-refractivity contribution >= 4 is 57.0 Å². The molecule has 9 aromatic carbocycles. The van der Waals surface area contributed by atoms with Crippen molar-refractivity contribution in [1.82, 2.24) is 0 Å². The molecule has 0 aliphatic rings. The normalized spacial score (nSPS) is 10.7. The van der Waals surface area contributed by atoms with Gasteiger partial charge in [-0.3, -0.25) is 21.6 Å². The Kier molecular flexibility index (Phi) is 14.1. The number of ether oxygens (including phenoxy) is 4. The molecule has 0 amide bonds. The monoisotopic (exact) mass is 944 g/mol. The van der Waals surface area contributed by atoms with Crippen molar-refractivity contribution in [2.75, 3.05) is 38.2 Å². The summed E-state index contributed by atoms with van der Waals surface area (Å²) in [6.07, 6.45) is 0. The maximum absolute atomic E-state index is 9.02. The molecule has 0 saturated carbocycles. The highest BCUT2D eigenvalue weighted by Gasteiger charge is 2.19. The summed E-state index contributed by atoms with van der Waals surface area (Å²) in [4.78, 5) is 4.32. The van der Waals surface area contributed by atoms with Crippen LogP contribution in [0, 0.1) is 21.6 Å². The second-order valence-electron chi connectivity index (χ2n) is 16.8. The van der Waals surface area contributed by atoms with E-state index in [1.165, 1.54) is 0 Å². The zero-order valence-corrected chi connectivity index (χ0v) is 40.3. The van der Waals surface area contributed by atoms with Gasteiger partial charge in [-0.1, -0.05) is 48.5 Å². The predicted octanol–water partition coefficient (Wildman–Crippen LogP) is 14.3. The molecule has 0 heterocycles. The summed E-state index contributed by atoms with van der Waals surface area (Å²) in [7, 11) is 6.51. The van der Waals surface area contributed by atoms with Crippen LogP contribution in [0.2, 0.25) is 0 Å². The van der Waals surface area contributed by atoms with Crippen molar-refractivity contribution in [3.8, 4) is 23.0 Å². The van der Waals surface area contributed by atoms with E-state index in [0.29, 0.717) is 22.8 Å². The predicted molar refractivity (Wildman–Crippen MR) is 292 cm³/mol. The summed E-state index contributed by atoms with van der Waals surface area (Å²) in [6.45, 7) is 0. The van der Waals surface area contributed by atoms with Crippen LogP contribution in [0.4, 0.5) is 34.1 Å². The molecular formula is C62H52N6O4. The summed E-state index contributed by atoms with van der Waals surface area (Å²) in [5.74, 6) is 2.93. The van der Waals surface area contributed by atoms with Gasteiger partial charge in [0.1, 0.15) is 23.0 Å². The van der Waals surface area contributed by atoms with E-state index in [0.717, 1.165) is 102 Å². The van der Waals surface area contributed by atoms with Crippen LogP contribution in [0.1, 0.15) is 44.5 Å². The first-order valence-electron chi connectivity index (χ1n) is 23.2. The standard InChI is InChI=1S/C62H52N6O4/c1-69-55-33-13-45(14-34-55)59(63)41-5-21-49(22-6-41)67(50-23-7-42(8-24-50)60(64)46-15-35-56(70-2)36-16-46)53-29-31-54(32-30-53)68(51-25-9-43(10-26-51)61(65)47-17-37-57(71-3)38-18-47)52-27-11-44(12-28-52)62(66)48-19-39-58(72-4)40-20-48/h5-40,63-66H,1-4H3. The molecule has 10 nitrogen and oxygen atoms in total. The van der Waals surface area contributed by atoms with E-state index >= 15 is 0 Å². The molecule has 9 rings (SSSR count). The minimum Gasteiger partial charge on any atom is -0.497 e. The van der Waals surface area contributed by atoms with Crippen LogP contribution >= 0.6 is 0 Å². The van der Waals surface area contributed by atoms with Crippen molar-refractivity contribution in [2.24, 2.45) is 0 Å². The molecule has 0 aromatic heterocycles. The smallest absolute Gasteiger partial charge is 0.118 e. The van der Waals surface area contributed by atoms with Gasteiger partial charge in [0, 0.05) is 78.6 Å². The third-order valence-electron chi connectivity index (χ3n) is 12.5. The topological polar surface area (TPSA) is 139 Å². The van der Waals surface area contributed by atoms with Gasteiger partial charge in [-0.05, 0) is 170 Å². The lowest BCUT2D eigenvalue weighted by atomic mass is 10.0. The Hall–Kier alpha value is -9.54. The maximum Gasteiger partial charge on any atom is 0.118 e. The van der Waals surface area contributed by atoms with Gasteiger partial charge in [0.25, 0.3) is 0 Å². The second-order valence-corrected chi connectivity index (χ2v) is 16.8. The van der Waals surface area contributed by atoms with Gasteiger partial charge in [0.05, 0.1) is 51.3 Å². The quantitative estimate of drug-likeness (QED) is 0.0632. The molecule has 72 heavy (non-hydrogen) atoms. The molecule has 0 radical (unpaired) electrons. The molecule has 0 bridgehead atoms. The second kappa shape index (κ2) is 21.4. The highest BCUT2D eigenvalue weighted by Crippen LogP contribution is 2.40. The first kappa shape index (κ1) is 47.5. The average molecular weight is 945 g/mol. The number of nitrogens with one attached hydrogen (secondary N) is 4. The molecule has 0 aliphatic heterocycles. The Labute approximate surface area is 420 Å². The Balaban J connectivity index is 1.07. The fourth-order valence-electron chi connectivity index (χ4n) is 8.45. The molecule has 4 N–H and O–H groups in total. The molecule has 0 fully saturated rings. The molecule has 354 valence electrons. The SMILES string of the molecule is COc1ccc(C(=N)c2ccc(N(c3ccc(C(=N)c4ccc(OC)cc4)cc3)c3ccc(N(c4ccc(C(=N)c5ccc(OC)cc5)cc4)c4ccc(C(=N)c5ccc(OC)cc5)cc4)cc3)cc2)cc1. The molecule has 0 atom stereocenters. The molecule has 0 spiro atoms. The lowest BCUT2D eigenvalue weighted by Crippen LogP contribution is -2.13. The molecule has 9 aromatic rings. The van der Waals surface area contributed by atoms with Gasteiger partial charge in [-0.2, -0.15) is 0 Å². The number of nitrogens with zero attached hydrogens (tertiary/aromatic N) is 2. The highest BCUT2D eigenvalue weighted by molar-refractivity contribution is 6.13. The number of rotatable bonds is 18. The molecule has 10 heteroatoms. The van der Waals surface area contributed by atoms with Crippen LogP contribution in [0.15, 0.2) is 218 Å². The van der Waals surface area contributed by atoms with E-state index < -0.39 is 0 Å². The van der Waals surface area contributed by atoms with E-state index in [4.69, 9.17) is 40.6 Å². The van der Waals surface area contributed by atoms with E-state index in [2.05, 4.69) is 34.1 Å². The molecule has 0 saturated heterocycles. The molecule has 0 aliphatic carbocycles. The number of hydrogen-bond donors (Lipinski definition) is 4. The lowest BCUT2D eigenvalue weighted by molar-refractivity contribution is 0.414. The highest BCUT2D eigenvalue weighted by atomic mass is 16.5. The van der Waals surface area contributed by atoms with E-state index in [-0.39, 0.29) is 0 Å². The van der Waals surface area contributed by atoms with Crippen LogP contribution in [0.25, 0.3) is 0 Å². The third kappa shape index (κ3) is 10.2. The van der Waals surface area contributed by atoms with Crippen LogP contribution in [0.5, 0.6) is 23.0 Å². The Morgan fingerprint density at radius 3 is 0.486 bits per heavy atom. The summed E-state index contributed by atoms with van der Waals surface area (Å²) in [6, 6.07) is 70.3. The largest absolute Gasteiger partial charge is 0.497 e. The number of anilines is 6. The van der Waals surface area contributed by atoms with Gasteiger partial charge in [0.2, 0.25) is 0 Å². The zero-order valence-electron chi connectivity index (χ0n) is 40.3. The summed E-state index contributed by atoms with van der Waals surface area (Å²) < 4.78 is 21.4. The maximum atomic E-state index is 9.02. The van der Waals surface area contributed by atoms with Crippen molar-refractivity contribution in [3.05, 3.63) is 263 Å². The van der Waals surface area contributed by atoms with Crippen LogP contribution < -0.4 is 28.7 Å². The fraction of sp³-hybridized carbons (Fsp3) is 0.0645. The van der Waals surface area contributed by atoms with Gasteiger partial charge < -0.3 is 28.7 Å². The summed E-state index contributed by atoms with van der Waals surface area (Å²) in [5.41, 5.74) is 13.1. The Bertz CT molecular complexity index is 2900. The van der Waals surface area contributed by atoms with Crippen molar-refractivity contribution in [1.29, 1.82) is 21.6 Å². The minimum atomic E-state index is 0.401. The average Bonchev–Trinajstić information content (AvgIpc) is 3.45. The first-order valence-corrected chi connectivity index (χ1v) is 23.2. The summed E-state index contributed by atoms with van der Waals surface area (Å²) in [5, 5.41) is 36.1. The van der Waals surface area contributed by atoms with E-state index in [1.807, 2.05) is 194 Å². The van der Waals surface area contributed by atoms with Crippen LogP contribution in [-0.2, 0) is 0 Å². The van der Waals surface area contributed by atoms with Crippen molar-refractivity contribution in [3.63, 3.8) is 0 Å². The number of methoxy groups -OCH3 is 4. The van der Waals surface area contributed by atoms with Gasteiger partial charge in [-0.15, -0.1) is 0 Å². The fourth-order valence-corrected chi connectivity index (χ4v) is 8.45. The van der Waals surface area contributed by atoms with Crippen molar-refractivity contribution < 1.29 is 18.9 Å². The van der Waals surface area contributed by atoms with E-state index in [1.54, 1.807) is 28.4 Å². The van der Waals surface area contributed by atoms with Gasteiger partial charge >= 0.3 is 0 Å². The zero-order chi connectivity index (χ0) is 50.1. The van der Waals surface area contributed by atoms with Crippen LogP contribution in [0.3, 0.4) is 0 Å². The Morgan fingerprint density at radius 1 is 0.222 bits per heavy atom. The van der Waals surface area contributed by atoms with Gasteiger partial charge in [0.15, 0.2) is 0 Å².